The van der Waals surface area contributed by atoms with Crippen molar-refractivity contribution >= 4 is 17.6 Å². The number of hydrogen-bond donors (Lipinski definition) is 2. The maximum absolute atomic E-state index is 13.8. The molecule has 0 aliphatic rings. The molecule has 1 heterocycles. The SMILES string of the molecule is CC(C)CNC(=O)c1coc(CN(CC(C)C)C(=O)Nc2ccc(F)cc2F)n1. The summed E-state index contributed by atoms with van der Waals surface area (Å²) in [6.45, 7) is 8.61. The number of aromatic nitrogens is 1. The molecule has 1 aromatic carbocycles. The van der Waals surface area contributed by atoms with E-state index < -0.39 is 17.7 Å². The van der Waals surface area contributed by atoms with E-state index in [1.165, 1.54) is 11.2 Å². The van der Waals surface area contributed by atoms with Crippen molar-refractivity contribution in [3.8, 4) is 0 Å². The second-order valence-corrected chi connectivity index (χ2v) is 7.56. The Hall–Kier alpha value is -2.97. The van der Waals surface area contributed by atoms with E-state index >= 15 is 0 Å². The molecule has 0 saturated heterocycles. The highest BCUT2D eigenvalue weighted by molar-refractivity contribution is 5.92. The average molecular weight is 408 g/mol. The molecular formula is C20H26F2N4O3. The quantitative estimate of drug-likeness (QED) is 0.690. The lowest BCUT2D eigenvalue weighted by atomic mass is 10.2. The van der Waals surface area contributed by atoms with Crippen LogP contribution in [0.5, 0.6) is 0 Å². The third-order valence-corrected chi connectivity index (χ3v) is 3.83. The van der Waals surface area contributed by atoms with Crippen LogP contribution in [0.2, 0.25) is 0 Å². The number of benzene rings is 1. The van der Waals surface area contributed by atoms with Crippen molar-refractivity contribution in [2.24, 2.45) is 11.8 Å². The Balaban J connectivity index is 2.08. The van der Waals surface area contributed by atoms with Crippen molar-refractivity contribution in [3.05, 3.63) is 47.7 Å². The van der Waals surface area contributed by atoms with Crippen LogP contribution in [0.15, 0.2) is 28.9 Å². The zero-order valence-electron chi connectivity index (χ0n) is 17.0. The number of carbonyl (C=O) groups excluding carboxylic acids is 2. The van der Waals surface area contributed by atoms with Crippen LogP contribution in [0.25, 0.3) is 0 Å². The maximum atomic E-state index is 13.8. The van der Waals surface area contributed by atoms with E-state index in [4.69, 9.17) is 4.42 Å². The molecule has 0 bridgehead atoms. The lowest BCUT2D eigenvalue weighted by molar-refractivity contribution is 0.0944. The Morgan fingerprint density at radius 2 is 1.90 bits per heavy atom. The van der Waals surface area contributed by atoms with Crippen LogP contribution in [0.1, 0.15) is 44.1 Å². The van der Waals surface area contributed by atoms with Gasteiger partial charge in [-0.25, -0.2) is 18.6 Å². The van der Waals surface area contributed by atoms with Crippen molar-refractivity contribution in [2.45, 2.75) is 34.2 Å². The minimum Gasteiger partial charge on any atom is -0.446 e. The van der Waals surface area contributed by atoms with Gasteiger partial charge in [-0.2, -0.15) is 0 Å². The number of carbonyl (C=O) groups is 2. The van der Waals surface area contributed by atoms with Crippen LogP contribution in [0.3, 0.4) is 0 Å². The van der Waals surface area contributed by atoms with Gasteiger partial charge in [0.1, 0.15) is 17.9 Å². The van der Waals surface area contributed by atoms with E-state index in [0.29, 0.717) is 25.1 Å². The Bertz CT molecular complexity index is 852. The minimum atomic E-state index is -0.872. The number of oxazole rings is 1. The van der Waals surface area contributed by atoms with Crippen molar-refractivity contribution < 1.29 is 22.8 Å². The van der Waals surface area contributed by atoms with E-state index in [-0.39, 0.29) is 35.6 Å². The number of urea groups is 1. The molecule has 7 nitrogen and oxygen atoms in total. The normalized spacial score (nSPS) is 11.0. The number of rotatable bonds is 8. The minimum absolute atomic E-state index is 0.00964. The molecule has 0 fully saturated rings. The summed E-state index contributed by atoms with van der Waals surface area (Å²) in [7, 11) is 0. The first-order valence-corrected chi connectivity index (χ1v) is 9.39. The fourth-order valence-corrected chi connectivity index (χ4v) is 2.48. The monoisotopic (exact) mass is 408 g/mol. The van der Waals surface area contributed by atoms with Gasteiger partial charge in [0.2, 0.25) is 5.89 Å². The molecule has 0 spiro atoms. The van der Waals surface area contributed by atoms with E-state index in [1.807, 2.05) is 27.7 Å². The smallest absolute Gasteiger partial charge is 0.322 e. The lowest BCUT2D eigenvalue weighted by Crippen LogP contribution is -2.37. The molecule has 0 aliphatic heterocycles. The Morgan fingerprint density at radius 1 is 1.17 bits per heavy atom. The van der Waals surface area contributed by atoms with Crippen LogP contribution >= 0.6 is 0 Å². The van der Waals surface area contributed by atoms with Gasteiger partial charge in [-0.3, -0.25) is 4.79 Å². The fraction of sp³-hybridized carbons (Fsp3) is 0.450. The predicted octanol–water partition coefficient (Wildman–Crippen LogP) is 4.03. The highest BCUT2D eigenvalue weighted by atomic mass is 19.1. The van der Waals surface area contributed by atoms with Gasteiger partial charge >= 0.3 is 6.03 Å². The second-order valence-electron chi connectivity index (χ2n) is 7.56. The summed E-state index contributed by atoms with van der Waals surface area (Å²) in [4.78, 5) is 30.2. The van der Waals surface area contributed by atoms with Crippen LogP contribution in [-0.4, -0.2) is 34.9 Å². The first kappa shape index (κ1) is 22.3. The highest BCUT2D eigenvalue weighted by Crippen LogP contribution is 2.17. The van der Waals surface area contributed by atoms with Crippen LogP contribution < -0.4 is 10.6 Å². The van der Waals surface area contributed by atoms with E-state index in [2.05, 4.69) is 15.6 Å². The van der Waals surface area contributed by atoms with Crippen molar-refractivity contribution in [1.82, 2.24) is 15.2 Å². The van der Waals surface area contributed by atoms with Crippen molar-refractivity contribution in [2.75, 3.05) is 18.4 Å². The Kier molecular flexibility index (Phi) is 7.69. The number of hydrogen-bond acceptors (Lipinski definition) is 4. The van der Waals surface area contributed by atoms with Gasteiger partial charge in [-0.15, -0.1) is 0 Å². The Labute approximate surface area is 168 Å². The summed E-state index contributed by atoms with van der Waals surface area (Å²) in [5.41, 5.74) is -0.0125. The molecule has 0 radical (unpaired) electrons. The van der Waals surface area contributed by atoms with E-state index in [0.717, 1.165) is 12.1 Å². The fourth-order valence-electron chi connectivity index (χ4n) is 2.48. The number of amides is 3. The number of nitrogens with one attached hydrogen (secondary N) is 2. The molecule has 3 amide bonds. The molecule has 2 rings (SSSR count). The van der Waals surface area contributed by atoms with Gasteiger partial charge in [-0.1, -0.05) is 27.7 Å². The highest BCUT2D eigenvalue weighted by Gasteiger charge is 2.21. The van der Waals surface area contributed by atoms with Gasteiger partial charge in [0.15, 0.2) is 5.69 Å². The van der Waals surface area contributed by atoms with Crippen molar-refractivity contribution in [1.29, 1.82) is 0 Å². The van der Waals surface area contributed by atoms with E-state index in [9.17, 15) is 18.4 Å². The number of nitrogens with zero attached hydrogens (tertiary/aromatic N) is 2. The molecule has 1 aromatic heterocycles. The zero-order chi connectivity index (χ0) is 21.6. The van der Waals surface area contributed by atoms with Crippen LogP contribution in [0, 0.1) is 23.5 Å². The molecule has 0 saturated carbocycles. The van der Waals surface area contributed by atoms with Gasteiger partial charge in [0.25, 0.3) is 5.91 Å². The van der Waals surface area contributed by atoms with Gasteiger partial charge in [-0.05, 0) is 24.0 Å². The first-order chi connectivity index (χ1) is 13.7. The summed E-state index contributed by atoms with van der Waals surface area (Å²) in [5.74, 6) is -1.38. The molecule has 158 valence electrons. The van der Waals surface area contributed by atoms with Crippen LogP contribution in [0.4, 0.5) is 19.3 Å². The third kappa shape index (κ3) is 6.85. The summed E-state index contributed by atoms with van der Waals surface area (Å²) in [5, 5.41) is 5.16. The maximum Gasteiger partial charge on any atom is 0.322 e. The van der Waals surface area contributed by atoms with Crippen molar-refractivity contribution in [3.63, 3.8) is 0 Å². The molecule has 0 atom stereocenters. The molecular weight excluding hydrogens is 382 g/mol. The molecule has 9 heteroatoms. The largest absolute Gasteiger partial charge is 0.446 e. The Morgan fingerprint density at radius 3 is 2.52 bits per heavy atom. The lowest BCUT2D eigenvalue weighted by Gasteiger charge is -2.23. The molecule has 2 aromatic rings. The van der Waals surface area contributed by atoms with Gasteiger partial charge in [0.05, 0.1) is 12.2 Å². The number of anilines is 1. The van der Waals surface area contributed by atoms with Gasteiger partial charge in [0, 0.05) is 19.2 Å². The van der Waals surface area contributed by atoms with Gasteiger partial charge < -0.3 is 20.0 Å². The molecule has 29 heavy (non-hydrogen) atoms. The second kappa shape index (κ2) is 9.99. The molecule has 0 unspecified atom stereocenters. The zero-order valence-corrected chi connectivity index (χ0v) is 17.0. The predicted molar refractivity (Wildman–Crippen MR) is 104 cm³/mol. The summed E-state index contributed by atoms with van der Waals surface area (Å²) in [6, 6.07) is 2.31. The summed E-state index contributed by atoms with van der Waals surface area (Å²) in [6.07, 6.45) is 1.23. The summed E-state index contributed by atoms with van der Waals surface area (Å²) >= 11 is 0. The first-order valence-electron chi connectivity index (χ1n) is 9.39. The third-order valence-electron chi connectivity index (χ3n) is 3.83. The molecule has 2 N–H and O–H groups in total. The van der Waals surface area contributed by atoms with E-state index in [1.54, 1.807) is 0 Å². The average Bonchev–Trinajstić information content (AvgIpc) is 3.09. The molecule has 0 aliphatic carbocycles. The summed E-state index contributed by atoms with van der Waals surface area (Å²) < 4.78 is 32.2. The topological polar surface area (TPSA) is 87.5 Å². The van der Waals surface area contributed by atoms with Crippen LogP contribution in [-0.2, 0) is 6.54 Å². The standard InChI is InChI=1S/C20H26F2N4O3/c1-12(2)8-23-19(27)17-11-29-18(24-17)10-26(9-13(3)4)20(28)25-16-6-5-14(21)7-15(16)22/h5-7,11-13H,8-10H2,1-4H3,(H,23,27)(H,25,28). The number of halogens is 2.